The van der Waals surface area contributed by atoms with Crippen LogP contribution < -0.4 is 4.72 Å². The largest absolute Gasteiger partial charge is 0.283 e. The van der Waals surface area contributed by atoms with Crippen LogP contribution in [0, 0.1) is 12.7 Å². The Labute approximate surface area is 89.4 Å². The van der Waals surface area contributed by atoms with Gasteiger partial charge >= 0.3 is 0 Å². The molecule has 15 heavy (non-hydrogen) atoms. The molecule has 0 aromatic heterocycles. The van der Waals surface area contributed by atoms with Crippen molar-refractivity contribution in [2.45, 2.75) is 26.0 Å². The lowest BCUT2D eigenvalue weighted by Gasteiger charge is -2.12. The van der Waals surface area contributed by atoms with Crippen LogP contribution in [-0.4, -0.2) is 13.7 Å². The minimum absolute atomic E-state index is 0.375. The normalized spacial score (nSPS) is 11.8. The summed E-state index contributed by atoms with van der Waals surface area (Å²) in [7, 11) is -3.36. The number of hydrogen-bond acceptors (Lipinski definition) is 2. The molecule has 84 valence electrons. The van der Waals surface area contributed by atoms with Crippen LogP contribution in [0.4, 0.5) is 10.1 Å². The molecule has 0 aliphatic rings. The molecule has 1 aromatic rings. The van der Waals surface area contributed by atoms with E-state index >= 15 is 0 Å². The standard InChI is InChI=1S/C10H14FNO2S/c1-7(2)15(13,14)12-10-5-4-9(11)6-8(10)3/h4-7,12H,1-3H3. The zero-order valence-corrected chi connectivity index (χ0v) is 9.73. The van der Waals surface area contributed by atoms with Crippen LogP contribution in [0.15, 0.2) is 18.2 Å². The van der Waals surface area contributed by atoms with Gasteiger partial charge in [0.25, 0.3) is 0 Å². The SMILES string of the molecule is Cc1cc(F)ccc1NS(=O)(=O)C(C)C. The topological polar surface area (TPSA) is 46.2 Å². The van der Waals surface area contributed by atoms with Gasteiger partial charge in [0.1, 0.15) is 5.82 Å². The van der Waals surface area contributed by atoms with Crippen LogP contribution in [0.2, 0.25) is 0 Å². The summed E-state index contributed by atoms with van der Waals surface area (Å²) in [6.07, 6.45) is 0. The van der Waals surface area contributed by atoms with E-state index in [1.54, 1.807) is 20.8 Å². The third-order valence-electron chi connectivity index (χ3n) is 2.06. The van der Waals surface area contributed by atoms with E-state index in [2.05, 4.69) is 4.72 Å². The monoisotopic (exact) mass is 231 g/mol. The molecular weight excluding hydrogens is 217 g/mol. The van der Waals surface area contributed by atoms with E-state index in [0.717, 1.165) is 0 Å². The van der Waals surface area contributed by atoms with Crippen LogP contribution in [-0.2, 0) is 10.0 Å². The molecule has 0 unspecified atom stereocenters. The Balaban J connectivity index is 3.01. The Morgan fingerprint density at radius 1 is 1.33 bits per heavy atom. The van der Waals surface area contributed by atoms with Gasteiger partial charge in [0.05, 0.1) is 10.9 Å². The highest BCUT2D eigenvalue weighted by atomic mass is 32.2. The van der Waals surface area contributed by atoms with E-state index in [0.29, 0.717) is 11.3 Å². The first-order valence-corrected chi connectivity index (χ1v) is 6.15. The summed E-state index contributed by atoms with van der Waals surface area (Å²) in [5.41, 5.74) is 0.990. The summed E-state index contributed by atoms with van der Waals surface area (Å²) in [6.45, 7) is 4.82. The molecule has 0 atom stereocenters. The number of nitrogens with one attached hydrogen (secondary N) is 1. The minimum atomic E-state index is -3.36. The van der Waals surface area contributed by atoms with Crippen molar-refractivity contribution in [3.05, 3.63) is 29.6 Å². The summed E-state index contributed by atoms with van der Waals surface area (Å²) in [6, 6.07) is 3.94. The molecule has 3 nitrogen and oxygen atoms in total. The van der Waals surface area contributed by atoms with E-state index in [4.69, 9.17) is 0 Å². The van der Waals surface area contributed by atoms with E-state index < -0.39 is 15.3 Å². The van der Waals surface area contributed by atoms with Gasteiger partial charge in [-0.1, -0.05) is 0 Å². The number of rotatable bonds is 3. The van der Waals surface area contributed by atoms with Crippen LogP contribution in [0.3, 0.4) is 0 Å². The first-order chi connectivity index (χ1) is 6.83. The molecule has 5 heteroatoms. The molecule has 1 aromatic carbocycles. The van der Waals surface area contributed by atoms with Crippen molar-refractivity contribution >= 4 is 15.7 Å². The van der Waals surface area contributed by atoms with Gasteiger partial charge in [-0.05, 0) is 44.5 Å². The maximum Gasteiger partial charge on any atom is 0.235 e. The zero-order valence-electron chi connectivity index (χ0n) is 8.91. The highest BCUT2D eigenvalue weighted by molar-refractivity contribution is 7.93. The predicted molar refractivity (Wildman–Crippen MR) is 58.8 cm³/mol. The Bertz CT molecular complexity index is 454. The quantitative estimate of drug-likeness (QED) is 0.867. The Hall–Kier alpha value is -1.10. The molecule has 1 N–H and O–H groups in total. The van der Waals surface area contributed by atoms with Gasteiger partial charge in [-0.25, -0.2) is 12.8 Å². The molecule has 1 rings (SSSR count). The minimum Gasteiger partial charge on any atom is -0.283 e. The van der Waals surface area contributed by atoms with Crippen LogP contribution in [0.1, 0.15) is 19.4 Å². The second kappa shape index (κ2) is 4.18. The van der Waals surface area contributed by atoms with Gasteiger partial charge < -0.3 is 0 Å². The summed E-state index contributed by atoms with van der Waals surface area (Å²) < 4.78 is 38.2. The third-order valence-corrected chi connectivity index (χ3v) is 3.81. The lowest BCUT2D eigenvalue weighted by atomic mass is 10.2. The number of aryl methyl sites for hydroxylation is 1. The van der Waals surface area contributed by atoms with Crippen molar-refractivity contribution in [3.8, 4) is 0 Å². The van der Waals surface area contributed by atoms with Crippen LogP contribution in [0.5, 0.6) is 0 Å². The smallest absolute Gasteiger partial charge is 0.235 e. The highest BCUT2D eigenvalue weighted by Gasteiger charge is 2.16. The second-order valence-corrected chi connectivity index (χ2v) is 5.89. The molecule has 0 aliphatic heterocycles. The van der Waals surface area contributed by atoms with Crippen molar-refractivity contribution in [2.75, 3.05) is 4.72 Å². The van der Waals surface area contributed by atoms with Gasteiger partial charge in [0.15, 0.2) is 0 Å². The average Bonchev–Trinajstić information content (AvgIpc) is 2.09. The molecule has 0 radical (unpaired) electrons. The maximum atomic E-state index is 12.8. The van der Waals surface area contributed by atoms with Gasteiger partial charge in [0.2, 0.25) is 10.0 Å². The number of hydrogen-bond donors (Lipinski definition) is 1. The number of benzene rings is 1. The second-order valence-electron chi connectivity index (χ2n) is 3.66. The third kappa shape index (κ3) is 2.92. The van der Waals surface area contributed by atoms with Crippen LogP contribution >= 0.6 is 0 Å². The van der Waals surface area contributed by atoms with Crippen molar-refractivity contribution in [1.82, 2.24) is 0 Å². The fourth-order valence-electron chi connectivity index (χ4n) is 1.01. The van der Waals surface area contributed by atoms with Crippen molar-refractivity contribution in [2.24, 2.45) is 0 Å². The predicted octanol–water partition coefficient (Wildman–Crippen LogP) is 2.28. The first-order valence-electron chi connectivity index (χ1n) is 4.60. The summed E-state index contributed by atoms with van der Waals surface area (Å²) in [5, 5.41) is -0.512. The van der Waals surface area contributed by atoms with Gasteiger partial charge in [0, 0.05) is 0 Å². The van der Waals surface area contributed by atoms with Gasteiger partial charge in [-0.3, -0.25) is 4.72 Å². The number of halogens is 1. The molecule has 0 fully saturated rings. The highest BCUT2D eigenvalue weighted by Crippen LogP contribution is 2.18. The van der Waals surface area contributed by atoms with E-state index in [9.17, 15) is 12.8 Å². The Morgan fingerprint density at radius 2 is 1.93 bits per heavy atom. The van der Waals surface area contributed by atoms with Crippen LogP contribution in [0.25, 0.3) is 0 Å². The summed E-state index contributed by atoms with van der Waals surface area (Å²) in [5.74, 6) is -0.375. The lowest BCUT2D eigenvalue weighted by Crippen LogP contribution is -2.22. The van der Waals surface area contributed by atoms with E-state index in [1.165, 1.54) is 18.2 Å². The molecule has 0 saturated carbocycles. The Kier molecular flexibility index (Phi) is 3.34. The van der Waals surface area contributed by atoms with Crippen molar-refractivity contribution < 1.29 is 12.8 Å². The van der Waals surface area contributed by atoms with E-state index in [-0.39, 0.29) is 5.82 Å². The fraction of sp³-hybridized carbons (Fsp3) is 0.400. The molecule has 0 aliphatic carbocycles. The number of anilines is 1. The molecular formula is C10H14FNO2S. The van der Waals surface area contributed by atoms with Crippen molar-refractivity contribution in [1.29, 1.82) is 0 Å². The lowest BCUT2D eigenvalue weighted by molar-refractivity contribution is 0.592. The van der Waals surface area contributed by atoms with Gasteiger partial charge in [-0.15, -0.1) is 0 Å². The number of sulfonamides is 1. The van der Waals surface area contributed by atoms with Crippen molar-refractivity contribution in [3.63, 3.8) is 0 Å². The molecule has 0 spiro atoms. The zero-order chi connectivity index (χ0) is 11.6. The van der Waals surface area contributed by atoms with E-state index in [1.807, 2.05) is 0 Å². The molecule has 0 amide bonds. The summed E-state index contributed by atoms with van der Waals surface area (Å²) in [4.78, 5) is 0. The Morgan fingerprint density at radius 3 is 2.40 bits per heavy atom. The summed E-state index contributed by atoms with van der Waals surface area (Å²) >= 11 is 0. The molecule has 0 heterocycles. The first kappa shape index (κ1) is 12.0. The fourth-order valence-corrected chi connectivity index (χ4v) is 1.78. The molecule has 0 saturated heterocycles. The maximum absolute atomic E-state index is 12.8. The average molecular weight is 231 g/mol. The molecule has 0 bridgehead atoms. The van der Waals surface area contributed by atoms with Gasteiger partial charge in [-0.2, -0.15) is 0 Å².